The molecule has 0 aromatic heterocycles. The zero-order chi connectivity index (χ0) is 15.6. The monoisotopic (exact) mass is 312 g/mol. The molecule has 0 radical (unpaired) electrons. The fourth-order valence-electron chi connectivity index (χ4n) is 4.02. The summed E-state index contributed by atoms with van der Waals surface area (Å²) in [5.41, 5.74) is 0.358. The summed E-state index contributed by atoms with van der Waals surface area (Å²) >= 11 is 2.18. The molecule has 1 saturated heterocycles. The van der Waals surface area contributed by atoms with Crippen molar-refractivity contribution >= 4 is 11.8 Å². The topological polar surface area (TPSA) is 15.3 Å². The highest BCUT2D eigenvalue weighted by Crippen LogP contribution is 2.36. The molecule has 1 saturated carbocycles. The van der Waals surface area contributed by atoms with E-state index in [0.29, 0.717) is 11.5 Å². The van der Waals surface area contributed by atoms with Crippen molar-refractivity contribution in [3.63, 3.8) is 0 Å². The summed E-state index contributed by atoms with van der Waals surface area (Å²) in [5.74, 6) is 2.02. The minimum atomic E-state index is 0.358. The van der Waals surface area contributed by atoms with Gasteiger partial charge in [0.15, 0.2) is 0 Å². The Bertz CT molecular complexity index is 324. The predicted molar refractivity (Wildman–Crippen MR) is 96.1 cm³/mol. The van der Waals surface area contributed by atoms with Crippen LogP contribution in [0.2, 0.25) is 0 Å². The third-order valence-corrected chi connectivity index (χ3v) is 6.67. The second-order valence-corrected chi connectivity index (χ2v) is 9.96. The van der Waals surface area contributed by atoms with Crippen LogP contribution in [-0.4, -0.2) is 47.1 Å². The maximum atomic E-state index is 3.83. The van der Waals surface area contributed by atoms with E-state index in [-0.39, 0.29) is 0 Å². The van der Waals surface area contributed by atoms with Gasteiger partial charge >= 0.3 is 0 Å². The number of hydrogen-bond donors (Lipinski definition) is 1. The van der Waals surface area contributed by atoms with Crippen LogP contribution < -0.4 is 5.32 Å². The van der Waals surface area contributed by atoms with Crippen molar-refractivity contribution in [3.05, 3.63) is 0 Å². The van der Waals surface area contributed by atoms with Gasteiger partial charge in [-0.05, 0) is 36.3 Å². The Balaban J connectivity index is 2.04. The fraction of sp³-hybridized carbons (Fsp3) is 1.00. The first-order chi connectivity index (χ1) is 9.82. The molecule has 0 aromatic rings. The molecule has 1 heterocycles. The number of thioether (sulfide) groups is 1. The highest BCUT2D eigenvalue weighted by molar-refractivity contribution is 7.99. The highest BCUT2D eigenvalue weighted by atomic mass is 32.2. The van der Waals surface area contributed by atoms with Gasteiger partial charge in [0.2, 0.25) is 0 Å². The zero-order valence-electron chi connectivity index (χ0n) is 15.0. The number of nitrogens with zero attached hydrogens (tertiary/aromatic N) is 1. The Kier molecular flexibility index (Phi) is 6.07. The molecule has 0 spiro atoms. The maximum absolute atomic E-state index is 3.83. The van der Waals surface area contributed by atoms with Crippen molar-refractivity contribution in [2.45, 2.75) is 84.2 Å². The van der Waals surface area contributed by atoms with Crippen LogP contribution in [0.25, 0.3) is 0 Å². The molecule has 4 unspecified atom stereocenters. The van der Waals surface area contributed by atoms with E-state index in [1.54, 1.807) is 0 Å². The van der Waals surface area contributed by atoms with Crippen LogP contribution in [0.5, 0.6) is 0 Å². The molecule has 2 rings (SSSR count). The molecule has 0 bridgehead atoms. The standard InChI is InChI=1S/C18H36N2S/c1-7-21-15-9-8-14(10-15)20-12-17(18(4,5)6)19-11-16(20)13(2)3/h13-17,19H,7-12H2,1-6H3. The van der Waals surface area contributed by atoms with Crippen molar-refractivity contribution in [2.24, 2.45) is 11.3 Å². The smallest absolute Gasteiger partial charge is 0.0247 e. The molecule has 0 aromatic carbocycles. The van der Waals surface area contributed by atoms with Crippen molar-refractivity contribution in [3.8, 4) is 0 Å². The van der Waals surface area contributed by atoms with Crippen LogP contribution in [0.4, 0.5) is 0 Å². The summed E-state index contributed by atoms with van der Waals surface area (Å²) < 4.78 is 0. The number of hydrogen-bond acceptors (Lipinski definition) is 3. The van der Waals surface area contributed by atoms with Gasteiger partial charge in [-0.25, -0.2) is 0 Å². The van der Waals surface area contributed by atoms with Gasteiger partial charge in [-0.2, -0.15) is 11.8 Å². The van der Waals surface area contributed by atoms with Crippen LogP contribution in [0.1, 0.15) is 60.8 Å². The van der Waals surface area contributed by atoms with Crippen molar-refractivity contribution in [2.75, 3.05) is 18.8 Å². The SMILES string of the molecule is CCSC1CCC(N2CC(C(C)(C)C)NCC2C(C)C)C1. The van der Waals surface area contributed by atoms with Crippen LogP contribution in [0, 0.1) is 11.3 Å². The van der Waals surface area contributed by atoms with Crippen LogP contribution in [0.15, 0.2) is 0 Å². The first-order valence-corrected chi connectivity index (χ1v) is 9.98. The van der Waals surface area contributed by atoms with E-state index in [0.717, 1.165) is 23.3 Å². The molecule has 2 fully saturated rings. The molecule has 124 valence electrons. The molecular weight excluding hydrogens is 276 g/mol. The first-order valence-electron chi connectivity index (χ1n) is 8.93. The van der Waals surface area contributed by atoms with Gasteiger partial charge in [0, 0.05) is 36.5 Å². The number of nitrogens with one attached hydrogen (secondary N) is 1. The Labute approximate surface area is 136 Å². The van der Waals surface area contributed by atoms with Gasteiger partial charge in [0.25, 0.3) is 0 Å². The molecule has 4 atom stereocenters. The average Bonchev–Trinajstić information content (AvgIpc) is 2.86. The van der Waals surface area contributed by atoms with Crippen molar-refractivity contribution < 1.29 is 0 Å². The lowest BCUT2D eigenvalue weighted by Crippen LogP contribution is -2.63. The average molecular weight is 313 g/mol. The van der Waals surface area contributed by atoms with Crippen LogP contribution >= 0.6 is 11.8 Å². The van der Waals surface area contributed by atoms with Gasteiger partial charge in [-0.1, -0.05) is 41.5 Å². The van der Waals surface area contributed by atoms with E-state index in [9.17, 15) is 0 Å². The molecule has 2 nitrogen and oxygen atoms in total. The Morgan fingerprint density at radius 1 is 1.24 bits per heavy atom. The van der Waals surface area contributed by atoms with Crippen LogP contribution in [-0.2, 0) is 0 Å². The quantitative estimate of drug-likeness (QED) is 0.844. The van der Waals surface area contributed by atoms with E-state index >= 15 is 0 Å². The lowest BCUT2D eigenvalue weighted by Gasteiger charge is -2.49. The van der Waals surface area contributed by atoms with E-state index in [1.165, 1.54) is 38.1 Å². The third-order valence-electron chi connectivity index (χ3n) is 5.44. The predicted octanol–water partition coefficient (Wildman–Crippen LogP) is 4.01. The summed E-state index contributed by atoms with van der Waals surface area (Å²) in [4.78, 5) is 2.88. The number of piperazine rings is 1. The molecule has 3 heteroatoms. The summed E-state index contributed by atoms with van der Waals surface area (Å²) in [6.45, 7) is 16.6. The first kappa shape index (κ1) is 17.6. The van der Waals surface area contributed by atoms with Gasteiger partial charge in [-0.15, -0.1) is 0 Å². The van der Waals surface area contributed by atoms with Gasteiger partial charge < -0.3 is 5.32 Å². The summed E-state index contributed by atoms with van der Waals surface area (Å²) in [6.07, 6.45) is 4.26. The zero-order valence-corrected chi connectivity index (χ0v) is 15.8. The lowest BCUT2D eigenvalue weighted by atomic mass is 9.83. The third kappa shape index (κ3) is 4.39. The molecule has 2 aliphatic rings. The normalized spacial score (nSPS) is 35.6. The Hall–Kier alpha value is 0.270. The van der Waals surface area contributed by atoms with E-state index < -0.39 is 0 Å². The molecule has 0 amide bonds. The van der Waals surface area contributed by atoms with E-state index in [4.69, 9.17) is 0 Å². The second kappa shape index (κ2) is 7.23. The van der Waals surface area contributed by atoms with Crippen molar-refractivity contribution in [1.29, 1.82) is 0 Å². The second-order valence-electron chi connectivity index (χ2n) is 8.38. The summed E-state index contributed by atoms with van der Waals surface area (Å²) in [5, 5.41) is 4.75. The van der Waals surface area contributed by atoms with Crippen LogP contribution in [0.3, 0.4) is 0 Å². The van der Waals surface area contributed by atoms with E-state index in [2.05, 4.69) is 63.5 Å². The minimum Gasteiger partial charge on any atom is -0.311 e. The largest absolute Gasteiger partial charge is 0.311 e. The number of rotatable bonds is 4. The van der Waals surface area contributed by atoms with Gasteiger partial charge in [-0.3, -0.25) is 4.90 Å². The molecule has 21 heavy (non-hydrogen) atoms. The minimum absolute atomic E-state index is 0.358. The van der Waals surface area contributed by atoms with Gasteiger partial charge in [0.05, 0.1) is 0 Å². The highest BCUT2D eigenvalue weighted by Gasteiger charge is 2.40. The molecule has 1 N–H and O–H groups in total. The fourth-order valence-corrected chi connectivity index (χ4v) is 5.15. The van der Waals surface area contributed by atoms with E-state index in [1.807, 2.05) is 0 Å². The molecular formula is C18H36N2S. The summed E-state index contributed by atoms with van der Waals surface area (Å²) in [7, 11) is 0. The van der Waals surface area contributed by atoms with Crippen molar-refractivity contribution in [1.82, 2.24) is 10.2 Å². The Morgan fingerprint density at radius 3 is 2.52 bits per heavy atom. The Morgan fingerprint density at radius 2 is 1.95 bits per heavy atom. The lowest BCUT2D eigenvalue weighted by molar-refractivity contribution is 0.0311. The summed E-state index contributed by atoms with van der Waals surface area (Å²) in [6, 6.07) is 2.18. The maximum Gasteiger partial charge on any atom is 0.0247 e. The van der Waals surface area contributed by atoms with Gasteiger partial charge in [0.1, 0.15) is 0 Å². The molecule has 1 aliphatic heterocycles. The molecule has 1 aliphatic carbocycles.